The zero-order valence-corrected chi connectivity index (χ0v) is 15.1. The fraction of sp³-hybridized carbons (Fsp3) is 0.211. The summed E-state index contributed by atoms with van der Waals surface area (Å²) < 4.78 is 12.4. The molecule has 2 heterocycles. The molecule has 0 saturated carbocycles. The standard InChI is InChI=1S/C19H17ClN2O4/c1-19(2,26-15-8-6-13(20)7-9-15)18(24)25-12-14-11-17(23)22-10-4-3-5-16(22)21-14/h3-11H,12H2,1-2H3. The first-order valence-electron chi connectivity index (χ1n) is 7.94. The van der Waals surface area contributed by atoms with E-state index < -0.39 is 11.6 Å². The van der Waals surface area contributed by atoms with E-state index in [2.05, 4.69) is 4.98 Å². The minimum atomic E-state index is -1.21. The van der Waals surface area contributed by atoms with Gasteiger partial charge in [0.15, 0.2) is 5.60 Å². The highest BCUT2D eigenvalue weighted by Gasteiger charge is 2.32. The highest BCUT2D eigenvalue weighted by atomic mass is 35.5. The van der Waals surface area contributed by atoms with Crippen LogP contribution in [0.4, 0.5) is 0 Å². The molecule has 0 unspecified atom stereocenters. The second-order valence-electron chi connectivity index (χ2n) is 6.16. The monoisotopic (exact) mass is 372 g/mol. The zero-order chi connectivity index (χ0) is 18.7. The van der Waals surface area contributed by atoms with E-state index >= 15 is 0 Å². The SMILES string of the molecule is CC(C)(Oc1ccc(Cl)cc1)C(=O)OCc1cc(=O)n2ccccc2n1. The molecule has 0 radical (unpaired) electrons. The number of rotatable bonds is 5. The fourth-order valence-electron chi connectivity index (χ4n) is 2.33. The predicted molar refractivity (Wildman–Crippen MR) is 97.4 cm³/mol. The Bertz CT molecular complexity index is 996. The van der Waals surface area contributed by atoms with Crippen molar-refractivity contribution in [2.24, 2.45) is 0 Å². The minimum Gasteiger partial charge on any atom is -0.476 e. The summed E-state index contributed by atoms with van der Waals surface area (Å²) in [7, 11) is 0. The van der Waals surface area contributed by atoms with Crippen molar-refractivity contribution < 1.29 is 14.3 Å². The van der Waals surface area contributed by atoms with E-state index in [1.165, 1.54) is 10.5 Å². The predicted octanol–water partition coefficient (Wildman–Crippen LogP) is 3.25. The van der Waals surface area contributed by atoms with E-state index in [1.807, 2.05) is 0 Å². The van der Waals surface area contributed by atoms with Crippen LogP contribution in [0.3, 0.4) is 0 Å². The summed E-state index contributed by atoms with van der Waals surface area (Å²) in [4.78, 5) is 28.7. The van der Waals surface area contributed by atoms with Gasteiger partial charge in [-0.3, -0.25) is 9.20 Å². The van der Waals surface area contributed by atoms with Gasteiger partial charge in [-0.15, -0.1) is 0 Å². The molecule has 0 spiro atoms. The molecule has 1 aromatic carbocycles. The Hall–Kier alpha value is -2.86. The molecular formula is C19H17ClN2O4. The number of carbonyl (C=O) groups is 1. The van der Waals surface area contributed by atoms with Gasteiger partial charge in [-0.25, -0.2) is 9.78 Å². The van der Waals surface area contributed by atoms with E-state index in [-0.39, 0.29) is 12.2 Å². The molecule has 0 bridgehead atoms. The van der Waals surface area contributed by atoms with Crippen LogP contribution in [-0.2, 0) is 16.1 Å². The van der Waals surface area contributed by atoms with Crippen LogP contribution in [0, 0.1) is 0 Å². The summed E-state index contributed by atoms with van der Waals surface area (Å²) in [6, 6.07) is 13.3. The Morgan fingerprint density at radius 2 is 1.92 bits per heavy atom. The van der Waals surface area contributed by atoms with Gasteiger partial charge in [0.05, 0.1) is 5.69 Å². The number of fused-ring (bicyclic) bond motifs is 1. The van der Waals surface area contributed by atoms with Crippen LogP contribution in [0.15, 0.2) is 59.5 Å². The molecule has 0 fully saturated rings. The number of hydrogen-bond acceptors (Lipinski definition) is 5. The third kappa shape index (κ3) is 4.03. The van der Waals surface area contributed by atoms with Gasteiger partial charge in [0.1, 0.15) is 18.0 Å². The molecule has 26 heavy (non-hydrogen) atoms. The van der Waals surface area contributed by atoms with Crippen LogP contribution in [0.5, 0.6) is 5.75 Å². The summed E-state index contributed by atoms with van der Waals surface area (Å²) in [6.07, 6.45) is 1.63. The topological polar surface area (TPSA) is 69.9 Å². The van der Waals surface area contributed by atoms with Crippen molar-refractivity contribution in [3.63, 3.8) is 0 Å². The first kappa shape index (κ1) is 17.9. The normalized spacial score (nSPS) is 11.3. The molecule has 2 aromatic heterocycles. The zero-order valence-electron chi connectivity index (χ0n) is 14.3. The molecule has 0 N–H and O–H groups in total. The van der Waals surface area contributed by atoms with Crippen molar-refractivity contribution in [1.29, 1.82) is 0 Å². The average molecular weight is 373 g/mol. The van der Waals surface area contributed by atoms with Crippen molar-refractivity contribution in [2.45, 2.75) is 26.1 Å². The van der Waals surface area contributed by atoms with Gasteiger partial charge < -0.3 is 9.47 Å². The van der Waals surface area contributed by atoms with Crippen LogP contribution in [0.2, 0.25) is 5.02 Å². The number of aromatic nitrogens is 2. The van der Waals surface area contributed by atoms with E-state index in [1.54, 1.807) is 62.5 Å². The van der Waals surface area contributed by atoms with Gasteiger partial charge in [0.2, 0.25) is 0 Å². The lowest BCUT2D eigenvalue weighted by atomic mass is 10.1. The van der Waals surface area contributed by atoms with Crippen LogP contribution in [0.1, 0.15) is 19.5 Å². The van der Waals surface area contributed by atoms with Gasteiger partial charge in [-0.1, -0.05) is 17.7 Å². The minimum absolute atomic E-state index is 0.118. The van der Waals surface area contributed by atoms with Crippen LogP contribution >= 0.6 is 11.6 Å². The highest BCUT2D eigenvalue weighted by Crippen LogP contribution is 2.22. The van der Waals surface area contributed by atoms with Crippen LogP contribution < -0.4 is 10.3 Å². The Balaban J connectivity index is 1.69. The number of nitrogens with zero attached hydrogens (tertiary/aromatic N) is 2. The van der Waals surface area contributed by atoms with E-state index in [0.29, 0.717) is 22.1 Å². The van der Waals surface area contributed by atoms with Crippen molar-refractivity contribution >= 4 is 23.2 Å². The van der Waals surface area contributed by atoms with Crippen LogP contribution in [-0.4, -0.2) is 21.0 Å². The largest absolute Gasteiger partial charge is 0.476 e. The Labute approximate surface area is 155 Å². The van der Waals surface area contributed by atoms with Gasteiger partial charge in [0.25, 0.3) is 5.56 Å². The van der Waals surface area contributed by atoms with Crippen molar-refractivity contribution in [2.75, 3.05) is 0 Å². The molecule has 3 aromatic rings. The lowest BCUT2D eigenvalue weighted by molar-refractivity contribution is -0.160. The van der Waals surface area contributed by atoms with Gasteiger partial charge >= 0.3 is 5.97 Å². The second kappa shape index (κ2) is 7.17. The molecule has 0 saturated heterocycles. The van der Waals surface area contributed by atoms with Crippen molar-refractivity contribution in [3.05, 3.63) is 75.8 Å². The van der Waals surface area contributed by atoms with E-state index in [9.17, 15) is 9.59 Å². The molecule has 0 amide bonds. The maximum Gasteiger partial charge on any atom is 0.350 e. The first-order chi connectivity index (χ1) is 12.3. The van der Waals surface area contributed by atoms with Crippen LogP contribution in [0.25, 0.3) is 5.65 Å². The molecule has 0 aliphatic rings. The fourth-order valence-corrected chi connectivity index (χ4v) is 2.46. The molecule has 6 nitrogen and oxygen atoms in total. The van der Waals surface area contributed by atoms with Crippen molar-refractivity contribution in [1.82, 2.24) is 9.38 Å². The average Bonchev–Trinajstić information content (AvgIpc) is 2.61. The quantitative estimate of drug-likeness (QED) is 0.643. The Morgan fingerprint density at radius 1 is 1.19 bits per heavy atom. The molecular weight excluding hydrogens is 356 g/mol. The number of ether oxygens (including phenoxy) is 2. The Kier molecular flexibility index (Phi) is 4.95. The molecule has 3 rings (SSSR count). The second-order valence-corrected chi connectivity index (χ2v) is 6.59. The molecule has 0 aliphatic heterocycles. The summed E-state index contributed by atoms with van der Waals surface area (Å²) in [6.45, 7) is 3.09. The third-order valence-electron chi connectivity index (χ3n) is 3.65. The van der Waals surface area contributed by atoms with Gasteiger partial charge in [-0.05, 0) is 50.2 Å². The summed E-state index contributed by atoms with van der Waals surface area (Å²) in [5.41, 5.74) is -0.586. The summed E-state index contributed by atoms with van der Waals surface area (Å²) in [5, 5.41) is 0.575. The number of hydrogen-bond donors (Lipinski definition) is 0. The van der Waals surface area contributed by atoms with Crippen molar-refractivity contribution in [3.8, 4) is 5.75 Å². The lowest BCUT2D eigenvalue weighted by Gasteiger charge is -2.24. The highest BCUT2D eigenvalue weighted by molar-refractivity contribution is 6.30. The number of pyridine rings is 1. The number of carbonyl (C=O) groups excluding carboxylic acids is 1. The van der Waals surface area contributed by atoms with Gasteiger partial charge in [0, 0.05) is 17.3 Å². The smallest absolute Gasteiger partial charge is 0.350 e. The van der Waals surface area contributed by atoms with E-state index in [0.717, 1.165) is 0 Å². The number of halogens is 1. The maximum absolute atomic E-state index is 12.4. The number of benzene rings is 1. The maximum atomic E-state index is 12.4. The Morgan fingerprint density at radius 3 is 2.65 bits per heavy atom. The first-order valence-corrected chi connectivity index (χ1v) is 8.32. The molecule has 7 heteroatoms. The molecule has 0 atom stereocenters. The molecule has 134 valence electrons. The lowest BCUT2D eigenvalue weighted by Crippen LogP contribution is -2.39. The van der Waals surface area contributed by atoms with Gasteiger partial charge in [-0.2, -0.15) is 0 Å². The summed E-state index contributed by atoms with van der Waals surface area (Å²) >= 11 is 5.84. The molecule has 0 aliphatic carbocycles. The third-order valence-corrected chi connectivity index (χ3v) is 3.91. The van der Waals surface area contributed by atoms with E-state index in [4.69, 9.17) is 21.1 Å². The number of esters is 1. The summed E-state index contributed by atoms with van der Waals surface area (Å²) in [5.74, 6) is -0.0686.